The van der Waals surface area contributed by atoms with Gasteiger partial charge in [0.1, 0.15) is 11.4 Å². The van der Waals surface area contributed by atoms with Gasteiger partial charge in [-0.2, -0.15) is 10.2 Å². The molecule has 0 atom stereocenters. The maximum Gasteiger partial charge on any atom is 0.322 e. The molecule has 21 heavy (non-hydrogen) atoms. The molecule has 3 heterocycles. The molecule has 0 fully saturated rings. The van der Waals surface area contributed by atoms with Gasteiger partial charge in [-0.25, -0.2) is 0 Å². The van der Waals surface area contributed by atoms with Crippen molar-refractivity contribution in [2.45, 2.75) is 6.92 Å². The van der Waals surface area contributed by atoms with Gasteiger partial charge >= 0.3 is 6.01 Å². The molecule has 0 saturated heterocycles. The first kappa shape index (κ1) is 13.0. The Balaban J connectivity index is 1.81. The van der Waals surface area contributed by atoms with E-state index in [1.807, 2.05) is 13.0 Å². The second-order valence-electron chi connectivity index (χ2n) is 4.50. The summed E-state index contributed by atoms with van der Waals surface area (Å²) in [6.07, 6.45) is 1.53. The van der Waals surface area contributed by atoms with Gasteiger partial charge < -0.3 is 4.42 Å². The number of nitrogens with zero attached hydrogens (tertiary/aromatic N) is 6. The first-order chi connectivity index (χ1) is 10.0. The van der Waals surface area contributed by atoms with Crippen LogP contribution in [0.15, 0.2) is 22.7 Å². The molecule has 0 aliphatic rings. The van der Waals surface area contributed by atoms with Crippen molar-refractivity contribution in [1.29, 1.82) is 0 Å². The quantitative estimate of drug-likeness (QED) is 0.762. The normalized spacial score (nSPS) is 10.8. The summed E-state index contributed by atoms with van der Waals surface area (Å²) in [5.74, 6) is -0.0789. The Morgan fingerprint density at radius 1 is 1.29 bits per heavy atom. The van der Waals surface area contributed by atoms with Crippen molar-refractivity contribution >= 4 is 11.9 Å². The number of hydrogen-bond donors (Lipinski definition) is 1. The van der Waals surface area contributed by atoms with Crippen molar-refractivity contribution < 1.29 is 9.21 Å². The SMILES string of the molecule is Cc1cc(-c2nnc(NC(=O)c3ccnn3C)o2)n(C)n1. The molecule has 0 spiro atoms. The minimum Gasteiger partial charge on any atom is -0.401 e. The molecule has 9 nitrogen and oxygen atoms in total. The third-order valence-electron chi connectivity index (χ3n) is 2.92. The highest BCUT2D eigenvalue weighted by atomic mass is 16.4. The largest absolute Gasteiger partial charge is 0.401 e. The third-order valence-corrected chi connectivity index (χ3v) is 2.92. The Kier molecular flexibility index (Phi) is 3.01. The van der Waals surface area contributed by atoms with Gasteiger partial charge in [0.05, 0.1) is 5.69 Å². The first-order valence-corrected chi connectivity index (χ1v) is 6.18. The van der Waals surface area contributed by atoms with Gasteiger partial charge in [0, 0.05) is 20.3 Å². The average molecular weight is 287 g/mol. The van der Waals surface area contributed by atoms with Gasteiger partial charge in [0.15, 0.2) is 0 Å². The van der Waals surface area contributed by atoms with Gasteiger partial charge in [0.25, 0.3) is 11.8 Å². The first-order valence-electron chi connectivity index (χ1n) is 6.18. The summed E-state index contributed by atoms with van der Waals surface area (Å²) in [5, 5.41) is 18.4. The summed E-state index contributed by atoms with van der Waals surface area (Å²) >= 11 is 0. The number of hydrogen-bond acceptors (Lipinski definition) is 6. The van der Waals surface area contributed by atoms with E-state index in [0.29, 0.717) is 17.3 Å². The van der Waals surface area contributed by atoms with Crippen LogP contribution in [-0.2, 0) is 14.1 Å². The molecule has 0 aromatic carbocycles. The van der Waals surface area contributed by atoms with Gasteiger partial charge in [-0.15, -0.1) is 5.10 Å². The number of rotatable bonds is 3. The lowest BCUT2D eigenvalue weighted by molar-refractivity contribution is 0.101. The molecule has 0 unspecified atom stereocenters. The van der Waals surface area contributed by atoms with Gasteiger partial charge in [-0.05, 0) is 19.1 Å². The van der Waals surface area contributed by atoms with Gasteiger partial charge in [0.2, 0.25) is 0 Å². The molecule has 0 aliphatic heterocycles. The number of amides is 1. The van der Waals surface area contributed by atoms with Crippen molar-refractivity contribution in [1.82, 2.24) is 29.8 Å². The fourth-order valence-corrected chi connectivity index (χ4v) is 1.95. The van der Waals surface area contributed by atoms with E-state index in [1.165, 1.54) is 10.9 Å². The summed E-state index contributed by atoms with van der Waals surface area (Å²) in [5.41, 5.74) is 1.92. The number of aromatic nitrogens is 6. The number of aryl methyl sites for hydroxylation is 3. The van der Waals surface area contributed by atoms with E-state index in [0.717, 1.165) is 5.69 Å². The Labute approximate surface area is 119 Å². The summed E-state index contributed by atoms with van der Waals surface area (Å²) in [7, 11) is 3.45. The zero-order valence-corrected chi connectivity index (χ0v) is 11.7. The summed E-state index contributed by atoms with van der Waals surface area (Å²) < 4.78 is 8.52. The van der Waals surface area contributed by atoms with Crippen LogP contribution in [0.5, 0.6) is 0 Å². The van der Waals surface area contributed by atoms with E-state index >= 15 is 0 Å². The van der Waals surface area contributed by atoms with E-state index in [9.17, 15) is 4.79 Å². The van der Waals surface area contributed by atoms with Crippen LogP contribution in [-0.4, -0.2) is 35.7 Å². The Hall–Kier alpha value is -2.97. The minimum absolute atomic E-state index is 0.0232. The molecule has 1 N–H and O–H groups in total. The fraction of sp³-hybridized carbons (Fsp3) is 0.250. The predicted molar refractivity (Wildman–Crippen MR) is 72.4 cm³/mol. The molecular weight excluding hydrogens is 274 g/mol. The van der Waals surface area contributed by atoms with Crippen molar-refractivity contribution in [3.8, 4) is 11.6 Å². The van der Waals surface area contributed by atoms with Crippen LogP contribution in [0.2, 0.25) is 0 Å². The number of nitrogens with one attached hydrogen (secondary N) is 1. The monoisotopic (exact) mass is 287 g/mol. The van der Waals surface area contributed by atoms with Gasteiger partial charge in [-0.3, -0.25) is 19.5 Å². The minimum atomic E-state index is -0.369. The number of carbonyl (C=O) groups excluding carboxylic acids is 1. The zero-order valence-electron chi connectivity index (χ0n) is 11.7. The summed E-state index contributed by atoms with van der Waals surface area (Å²) in [4.78, 5) is 12.0. The van der Waals surface area contributed by atoms with Crippen LogP contribution in [0.1, 0.15) is 16.2 Å². The van der Waals surface area contributed by atoms with Crippen LogP contribution >= 0.6 is 0 Å². The topological polar surface area (TPSA) is 104 Å². The average Bonchev–Trinajstić information content (AvgIpc) is 3.10. The van der Waals surface area contributed by atoms with Crippen LogP contribution in [0.3, 0.4) is 0 Å². The fourth-order valence-electron chi connectivity index (χ4n) is 1.95. The second-order valence-corrected chi connectivity index (χ2v) is 4.50. The lowest BCUT2D eigenvalue weighted by atomic mass is 10.4. The van der Waals surface area contributed by atoms with Crippen molar-refractivity contribution in [2.24, 2.45) is 14.1 Å². The molecule has 0 bridgehead atoms. The van der Waals surface area contributed by atoms with E-state index in [-0.39, 0.29) is 11.9 Å². The highest BCUT2D eigenvalue weighted by Crippen LogP contribution is 2.20. The smallest absolute Gasteiger partial charge is 0.322 e. The molecule has 9 heteroatoms. The lowest BCUT2D eigenvalue weighted by Gasteiger charge is -2.00. The summed E-state index contributed by atoms with van der Waals surface area (Å²) in [6, 6.07) is 3.44. The van der Waals surface area contributed by atoms with Crippen molar-refractivity contribution in [3.63, 3.8) is 0 Å². The Bertz CT molecular complexity index is 798. The lowest BCUT2D eigenvalue weighted by Crippen LogP contribution is -2.16. The highest BCUT2D eigenvalue weighted by Gasteiger charge is 2.16. The van der Waals surface area contributed by atoms with Crippen LogP contribution in [0.25, 0.3) is 11.6 Å². The van der Waals surface area contributed by atoms with Crippen LogP contribution in [0.4, 0.5) is 6.01 Å². The third kappa shape index (κ3) is 2.40. The molecule has 108 valence electrons. The summed E-state index contributed by atoms with van der Waals surface area (Å²) in [6.45, 7) is 1.87. The molecule has 3 aromatic heterocycles. The second kappa shape index (κ2) is 4.85. The van der Waals surface area contributed by atoms with Crippen molar-refractivity contribution in [2.75, 3.05) is 5.32 Å². The van der Waals surface area contributed by atoms with E-state index < -0.39 is 0 Å². The van der Waals surface area contributed by atoms with E-state index in [1.54, 1.807) is 24.8 Å². The molecule has 0 saturated carbocycles. The molecule has 0 aliphatic carbocycles. The number of carbonyl (C=O) groups is 1. The highest BCUT2D eigenvalue weighted by molar-refractivity contribution is 6.01. The Morgan fingerprint density at radius 3 is 2.71 bits per heavy atom. The zero-order chi connectivity index (χ0) is 15.0. The number of anilines is 1. The molecular formula is C12H13N7O2. The van der Waals surface area contributed by atoms with Gasteiger partial charge in [-0.1, -0.05) is 5.10 Å². The maximum absolute atomic E-state index is 12.0. The standard InChI is InChI=1S/C12H13N7O2/c1-7-6-9(19(3)17-7)11-15-16-12(21-11)14-10(20)8-4-5-13-18(8)2/h4-6H,1-3H3,(H,14,16,20). The molecule has 3 aromatic rings. The Morgan fingerprint density at radius 2 is 2.10 bits per heavy atom. The molecule has 0 radical (unpaired) electrons. The van der Waals surface area contributed by atoms with E-state index in [4.69, 9.17) is 4.42 Å². The molecule has 1 amide bonds. The predicted octanol–water partition coefficient (Wildman–Crippen LogP) is 0.764. The van der Waals surface area contributed by atoms with Crippen LogP contribution < -0.4 is 5.32 Å². The molecule has 3 rings (SSSR count). The van der Waals surface area contributed by atoms with Crippen molar-refractivity contribution in [3.05, 3.63) is 29.7 Å². The van der Waals surface area contributed by atoms with Crippen LogP contribution in [0, 0.1) is 6.92 Å². The van der Waals surface area contributed by atoms with E-state index in [2.05, 4.69) is 25.7 Å². The maximum atomic E-state index is 12.0.